The highest BCUT2D eigenvalue weighted by Crippen LogP contribution is 2.34. The summed E-state index contributed by atoms with van der Waals surface area (Å²) in [5.41, 5.74) is 2.68. The number of rotatable bonds is 8. The number of hydrogen-bond acceptors (Lipinski definition) is 5. The zero-order valence-electron chi connectivity index (χ0n) is 21.5. The number of thiocarbonyl (C=S) groups is 1. The third-order valence-corrected chi connectivity index (χ3v) is 7.88. The third-order valence-electron chi connectivity index (χ3n) is 5.73. The van der Waals surface area contributed by atoms with Crippen LogP contribution in [0.2, 0.25) is 0 Å². The lowest BCUT2D eigenvalue weighted by Crippen LogP contribution is -2.19. The van der Waals surface area contributed by atoms with Crippen molar-refractivity contribution in [2.24, 2.45) is 0 Å². The van der Waals surface area contributed by atoms with Crippen LogP contribution in [0.1, 0.15) is 20.7 Å². The van der Waals surface area contributed by atoms with Crippen molar-refractivity contribution >= 4 is 77.7 Å². The molecule has 0 heterocycles. The van der Waals surface area contributed by atoms with Crippen molar-refractivity contribution in [1.29, 1.82) is 0 Å². The van der Waals surface area contributed by atoms with E-state index in [1.54, 1.807) is 48.5 Å². The molecule has 0 unspecified atom stereocenters. The van der Waals surface area contributed by atoms with E-state index >= 15 is 0 Å². The molecule has 0 spiro atoms. The van der Waals surface area contributed by atoms with Gasteiger partial charge in [-0.2, -0.15) is 0 Å². The van der Waals surface area contributed by atoms with Crippen LogP contribution >= 0.6 is 27.4 Å². The predicted molar refractivity (Wildman–Crippen MR) is 165 cm³/mol. The summed E-state index contributed by atoms with van der Waals surface area (Å²) in [6.07, 6.45) is 0. The van der Waals surface area contributed by atoms with Gasteiger partial charge in [0.15, 0.2) is 5.11 Å². The van der Waals surface area contributed by atoms with Crippen LogP contribution in [0, 0.1) is 0 Å². The first-order valence-corrected chi connectivity index (χ1v) is 15.6. The lowest BCUT2D eigenvalue weighted by Gasteiger charge is -2.12. The predicted octanol–water partition coefficient (Wildman–Crippen LogP) is 3.61. The highest BCUT2D eigenvalue weighted by atomic mass is 32.1. The average molecular weight is 627 g/mol. The number of benzene rings is 4. The van der Waals surface area contributed by atoms with Crippen molar-refractivity contribution in [2.75, 3.05) is 21.3 Å². The number of carbonyl (C=O) groups excluding carboxylic acids is 2. The number of nitrogens with one attached hydrogen (secondary N) is 4. The van der Waals surface area contributed by atoms with Crippen LogP contribution in [-0.4, -0.2) is 36.5 Å². The molecule has 216 valence electrons. The summed E-state index contributed by atoms with van der Waals surface area (Å²) >= 11 is 5.34. The Balaban J connectivity index is 1.28. The number of carbonyl (C=O) groups is 2. The highest BCUT2D eigenvalue weighted by Gasteiger charge is 2.17. The number of hydrogen-bond donors (Lipinski definition) is 8. The summed E-state index contributed by atoms with van der Waals surface area (Å²) < 4.78 is 22.6. The van der Waals surface area contributed by atoms with E-state index in [0.29, 0.717) is 33.9 Å². The molecule has 12 nitrogen and oxygen atoms in total. The molecule has 4 rings (SSSR count). The van der Waals surface area contributed by atoms with Crippen LogP contribution in [0.4, 0.5) is 22.7 Å². The minimum Gasteiger partial charge on any atom is -0.332 e. The molecule has 15 heteroatoms. The zero-order chi connectivity index (χ0) is 30.5. The molecular formula is C27H24N4O8P2S. The summed E-state index contributed by atoms with van der Waals surface area (Å²) in [5.74, 6) is -0.818. The van der Waals surface area contributed by atoms with E-state index in [-0.39, 0.29) is 15.7 Å². The van der Waals surface area contributed by atoms with Gasteiger partial charge in [-0.25, -0.2) is 0 Å². The van der Waals surface area contributed by atoms with Crippen LogP contribution in [-0.2, 0) is 9.13 Å². The van der Waals surface area contributed by atoms with Crippen molar-refractivity contribution < 1.29 is 38.3 Å². The first-order valence-electron chi connectivity index (χ1n) is 12.0. The van der Waals surface area contributed by atoms with E-state index in [2.05, 4.69) is 21.3 Å². The molecule has 0 bridgehead atoms. The Kier molecular flexibility index (Phi) is 9.35. The second-order valence-electron chi connectivity index (χ2n) is 8.82. The Hall–Kier alpha value is -4.19. The average Bonchev–Trinajstić information content (AvgIpc) is 2.93. The van der Waals surface area contributed by atoms with E-state index in [0.717, 1.165) is 0 Å². The molecule has 0 aromatic heterocycles. The molecule has 0 aliphatic heterocycles. The van der Waals surface area contributed by atoms with Crippen LogP contribution in [0.15, 0.2) is 97.1 Å². The Bertz CT molecular complexity index is 1580. The maximum atomic E-state index is 12.5. The number of anilines is 4. The van der Waals surface area contributed by atoms with E-state index in [4.69, 9.17) is 12.2 Å². The van der Waals surface area contributed by atoms with Crippen molar-refractivity contribution in [2.45, 2.75) is 0 Å². The molecule has 42 heavy (non-hydrogen) atoms. The lowest BCUT2D eigenvalue weighted by atomic mass is 10.2. The summed E-state index contributed by atoms with van der Waals surface area (Å²) in [4.78, 5) is 61.8. The standard InChI is InChI=1S/C27H24N4O8P2S/c32-25(28-19-9-13-23(14-10-19)40(34,35)36)17-1-5-21(6-2-17)30-27(42)31-22-7-3-18(4-8-22)26(33)29-20-11-15-24(16-12-20)41(37,38)39/h1-16H,(H,28,32)(H,29,33)(H2,30,31,42)(H2,34,35,36)(H2,37,38,39). The van der Waals surface area contributed by atoms with Gasteiger partial charge in [0, 0.05) is 33.9 Å². The zero-order valence-corrected chi connectivity index (χ0v) is 24.1. The van der Waals surface area contributed by atoms with Gasteiger partial charge in [0.1, 0.15) is 0 Å². The van der Waals surface area contributed by atoms with E-state index in [1.165, 1.54) is 48.5 Å². The Morgan fingerprint density at radius 1 is 0.476 bits per heavy atom. The van der Waals surface area contributed by atoms with Crippen LogP contribution in [0.3, 0.4) is 0 Å². The molecule has 0 aliphatic rings. The molecule has 0 radical (unpaired) electrons. The quantitative estimate of drug-likeness (QED) is 0.105. The van der Waals surface area contributed by atoms with Gasteiger partial charge >= 0.3 is 15.2 Å². The van der Waals surface area contributed by atoms with Crippen LogP contribution in [0.25, 0.3) is 0 Å². The topological polar surface area (TPSA) is 197 Å². The van der Waals surface area contributed by atoms with Gasteiger partial charge in [0.05, 0.1) is 10.6 Å². The van der Waals surface area contributed by atoms with Crippen LogP contribution in [0.5, 0.6) is 0 Å². The summed E-state index contributed by atoms with van der Waals surface area (Å²) in [7, 11) is -8.73. The first-order chi connectivity index (χ1) is 19.8. The molecule has 4 aromatic carbocycles. The maximum absolute atomic E-state index is 12.5. The monoisotopic (exact) mass is 626 g/mol. The van der Waals surface area contributed by atoms with Gasteiger partial charge in [-0.3, -0.25) is 18.7 Å². The number of amides is 2. The molecule has 8 N–H and O–H groups in total. The normalized spacial score (nSPS) is 11.3. The highest BCUT2D eigenvalue weighted by molar-refractivity contribution is 7.80. The summed E-state index contributed by atoms with van der Waals surface area (Å²) in [6, 6.07) is 23.5. The molecule has 4 aromatic rings. The van der Waals surface area contributed by atoms with Crippen molar-refractivity contribution in [3.05, 3.63) is 108 Å². The molecule has 2 amide bonds. The van der Waals surface area contributed by atoms with Gasteiger partial charge in [0.25, 0.3) is 11.8 Å². The molecule has 0 saturated carbocycles. The minimum atomic E-state index is -4.36. The molecular weight excluding hydrogens is 602 g/mol. The van der Waals surface area contributed by atoms with E-state index in [9.17, 15) is 38.3 Å². The van der Waals surface area contributed by atoms with Crippen LogP contribution < -0.4 is 31.9 Å². The van der Waals surface area contributed by atoms with Gasteiger partial charge in [-0.05, 0) is 109 Å². The summed E-state index contributed by atoms with van der Waals surface area (Å²) in [6.45, 7) is 0. The fourth-order valence-corrected chi connectivity index (χ4v) is 4.90. The molecule has 0 aliphatic carbocycles. The molecule has 0 atom stereocenters. The lowest BCUT2D eigenvalue weighted by molar-refractivity contribution is 0.101. The van der Waals surface area contributed by atoms with Gasteiger partial charge < -0.3 is 40.8 Å². The Labute approximate surface area is 245 Å². The van der Waals surface area contributed by atoms with Gasteiger partial charge in [-0.15, -0.1) is 0 Å². The summed E-state index contributed by atoms with van der Waals surface area (Å²) in [5, 5.41) is 11.3. The SMILES string of the molecule is O=C(Nc1ccc(P(=O)(O)O)cc1)c1ccc(NC(=S)Nc2ccc(C(=O)Nc3ccc(P(=O)(O)O)cc3)cc2)cc1. The Morgan fingerprint density at radius 2 is 0.738 bits per heavy atom. The van der Waals surface area contributed by atoms with E-state index < -0.39 is 27.0 Å². The second kappa shape index (κ2) is 12.8. The fourth-order valence-electron chi connectivity index (χ4n) is 3.59. The van der Waals surface area contributed by atoms with Gasteiger partial charge in [-0.1, -0.05) is 0 Å². The largest absolute Gasteiger partial charge is 0.356 e. The fraction of sp³-hybridized carbons (Fsp3) is 0. The maximum Gasteiger partial charge on any atom is 0.356 e. The van der Waals surface area contributed by atoms with Gasteiger partial charge in [0.2, 0.25) is 0 Å². The molecule has 0 fully saturated rings. The smallest absolute Gasteiger partial charge is 0.332 e. The van der Waals surface area contributed by atoms with E-state index in [1.807, 2.05) is 0 Å². The van der Waals surface area contributed by atoms with Crippen molar-refractivity contribution in [1.82, 2.24) is 0 Å². The van der Waals surface area contributed by atoms with Crippen molar-refractivity contribution in [3.63, 3.8) is 0 Å². The minimum absolute atomic E-state index is 0.145. The Morgan fingerprint density at radius 3 is 1.02 bits per heavy atom. The first kappa shape index (κ1) is 30.8. The third kappa shape index (κ3) is 8.41. The molecule has 0 saturated heterocycles. The second-order valence-corrected chi connectivity index (χ2v) is 12.4. The van der Waals surface area contributed by atoms with Crippen molar-refractivity contribution in [3.8, 4) is 0 Å².